The largest absolute Gasteiger partial charge is 0.488 e. The number of esters is 1. The zero-order chi connectivity index (χ0) is 20.1. The summed E-state index contributed by atoms with van der Waals surface area (Å²) in [5.41, 5.74) is 1.42. The molecule has 0 spiro atoms. The molecule has 0 fully saturated rings. The van der Waals surface area contributed by atoms with Crippen LogP contribution in [0, 0.1) is 11.6 Å². The van der Waals surface area contributed by atoms with Crippen molar-refractivity contribution in [3.8, 4) is 16.3 Å². The first-order valence-electron chi connectivity index (χ1n) is 8.43. The second-order valence-corrected chi connectivity index (χ2v) is 7.09. The molecule has 3 aromatic rings. The molecule has 8 heteroatoms. The van der Waals surface area contributed by atoms with Crippen molar-refractivity contribution in [1.82, 2.24) is 4.98 Å². The van der Waals surface area contributed by atoms with E-state index in [2.05, 4.69) is 4.98 Å². The van der Waals surface area contributed by atoms with Crippen molar-refractivity contribution in [3.05, 3.63) is 69.7 Å². The summed E-state index contributed by atoms with van der Waals surface area (Å²) in [6.45, 7) is 1.97. The molecule has 1 aromatic heterocycles. The van der Waals surface area contributed by atoms with Gasteiger partial charge in [0.2, 0.25) is 0 Å². The van der Waals surface area contributed by atoms with Gasteiger partial charge in [0, 0.05) is 22.0 Å². The third kappa shape index (κ3) is 5.05. The molecule has 0 aliphatic rings. The first-order chi connectivity index (χ1) is 13.5. The molecular formula is C20H16ClF2NO3S. The van der Waals surface area contributed by atoms with Crippen molar-refractivity contribution in [3.63, 3.8) is 0 Å². The molecule has 0 bridgehead atoms. The van der Waals surface area contributed by atoms with Crippen molar-refractivity contribution in [2.75, 3.05) is 6.61 Å². The lowest BCUT2D eigenvalue weighted by molar-refractivity contribution is -0.142. The molecule has 0 saturated heterocycles. The number of hydrogen-bond donors (Lipinski definition) is 0. The molecule has 0 aliphatic carbocycles. The molecule has 3 rings (SSSR count). The van der Waals surface area contributed by atoms with Crippen LogP contribution in [0.4, 0.5) is 8.78 Å². The predicted molar refractivity (Wildman–Crippen MR) is 104 cm³/mol. The molecule has 2 aromatic carbocycles. The van der Waals surface area contributed by atoms with Gasteiger partial charge in [0.1, 0.15) is 29.0 Å². The second kappa shape index (κ2) is 9.12. The minimum atomic E-state index is -0.679. The molecule has 0 aliphatic heterocycles. The van der Waals surface area contributed by atoms with Gasteiger partial charge in [-0.1, -0.05) is 11.6 Å². The minimum absolute atomic E-state index is 0.0713. The van der Waals surface area contributed by atoms with E-state index in [4.69, 9.17) is 21.1 Å². The summed E-state index contributed by atoms with van der Waals surface area (Å²) in [6, 6.07) is 8.31. The van der Waals surface area contributed by atoms with E-state index in [1.54, 1.807) is 30.5 Å². The topological polar surface area (TPSA) is 48.4 Å². The maximum absolute atomic E-state index is 13.8. The van der Waals surface area contributed by atoms with E-state index < -0.39 is 11.6 Å². The summed E-state index contributed by atoms with van der Waals surface area (Å²) in [5, 5.41) is 2.85. The summed E-state index contributed by atoms with van der Waals surface area (Å²) >= 11 is 7.44. The zero-order valence-electron chi connectivity index (χ0n) is 14.9. The molecule has 0 saturated carbocycles. The van der Waals surface area contributed by atoms with Gasteiger partial charge in [0.05, 0.1) is 24.3 Å². The summed E-state index contributed by atoms with van der Waals surface area (Å²) < 4.78 is 37.5. The number of rotatable bonds is 7. The molecule has 0 amide bonds. The van der Waals surface area contributed by atoms with E-state index in [1.165, 1.54) is 23.5 Å². The first kappa shape index (κ1) is 20.2. The maximum atomic E-state index is 13.8. The molecule has 0 N–H and O–H groups in total. The number of carbonyl (C=O) groups is 1. The number of benzene rings is 2. The SMILES string of the molecule is CCOC(=O)Cc1csc(-c2cc(Cl)ccc2OCc2ccc(F)cc2F)n1. The van der Waals surface area contributed by atoms with Gasteiger partial charge >= 0.3 is 5.97 Å². The highest BCUT2D eigenvalue weighted by molar-refractivity contribution is 7.13. The predicted octanol–water partition coefficient (Wildman–Crippen LogP) is 5.43. The van der Waals surface area contributed by atoms with Gasteiger partial charge in [0.25, 0.3) is 0 Å². The van der Waals surface area contributed by atoms with Crippen LogP contribution in [0.15, 0.2) is 41.8 Å². The fourth-order valence-electron chi connectivity index (χ4n) is 2.46. The Balaban J connectivity index is 1.81. The van der Waals surface area contributed by atoms with Gasteiger partial charge in [-0.05, 0) is 37.3 Å². The number of thiazole rings is 1. The van der Waals surface area contributed by atoms with E-state index in [-0.39, 0.29) is 24.6 Å². The lowest BCUT2D eigenvalue weighted by Crippen LogP contribution is -2.07. The van der Waals surface area contributed by atoms with E-state index >= 15 is 0 Å². The van der Waals surface area contributed by atoms with Crippen molar-refractivity contribution in [1.29, 1.82) is 0 Å². The molecule has 146 valence electrons. The molecule has 0 atom stereocenters. The van der Waals surface area contributed by atoms with Crippen LogP contribution in [-0.4, -0.2) is 17.6 Å². The summed E-state index contributed by atoms with van der Waals surface area (Å²) in [6.07, 6.45) is 0.0713. The fraction of sp³-hybridized carbons (Fsp3) is 0.200. The average Bonchev–Trinajstić information content (AvgIpc) is 3.10. The molecular weight excluding hydrogens is 408 g/mol. The maximum Gasteiger partial charge on any atom is 0.311 e. The van der Waals surface area contributed by atoms with Gasteiger partial charge in [-0.3, -0.25) is 4.79 Å². The van der Waals surface area contributed by atoms with Gasteiger partial charge in [-0.2, -0.15) is 0 Å². The van der Waals surface area contributed by atoms with Gasteiger partial charge in [-0.15, -0.1) is 11.3 Å². The Morgan fingerprint density at radius 2 is 2.04 bits per heavy atom. The Bertz CT molecular complexity index is 993. The van der Waals surface area contributed by atoms with Crippen molar-refractivity contribution < 1.29 is 23.0 Å². The summed E-state index contributed by atoms with van der Waals surface area (Å²) in [4.78, 5) is 16.1. The van der Waals surface area contributed by atoms with Crippen molar-refractivity contribution in [2.24, 2.45) is 0 Å². The normalized spacial score (nSPS) is 10.7. The molecule has 1 heterocycles. The highest BCUT2D eigenvalue weighted by Crippen LogP contribution is 2.35. The number of carbonyl (C=O) groups excluding carboxylic acids is 1. The van der Waals surface area contributed by atoms with Crippen LogP contribution < -0.4 is 4.74 Å². The monoisotopic (exact) mass is 423 g/mol. The number of hydrogen-bond acceptors (Lipinski definition) is 5. The van der Waals surface area contributed by atoms with E-state index in [0.29, 0.717) is 33.6 Å². The average molecular weight is 424 g/mol. The summed E-state index contributed by atoms with van der Waals surface area (Å²) in [7, 11) is 0. The van der Waals surface area contributed by atoms with Crippen molar-refractivity contribution in [2.45, 2.75) is 20.0 Å². The van der Waals surface area contributed by atoms with Crippen LogP contribution in [-0.2, 0) is 22.6 Å². The van der Waals surface area contributed by atoms with E-state index in [1.807, 2.05) is 0 Å². The fourth-order valence-corrected chi connectivity index (χ4v) is 3.47. The summed E-state index contributed by atoms with van der Waals surface area (Å²) in [5.74, 6) is -1.23. The van der Waals surface area contributed by atoms with E-state index in [0.717, 1.165) is 6.07 Å². The lowest BCUT2D eigenvalue weighted by atomic mass is 10.2. The highest BCUT2D eigenvalue weighted by Gasteiger charge is 2.15. The van der Waals surface area contributed by atoms with Crippen LogP contribution in [0.1, 0.15) is 18.2 Å². The first-order valence-corrected chi connectivity index (χ1v) is 9.68. The molecule has 4 nitrogen and oxygen atoms in total. The zero-order valence-corrected chi connectivity index (χ0v) is 16.4. The standard InChI is InChI=1S/C20H16ClF2NO3S/c1-2-26-19(25)9-15-11-28-20(24-15)16-7-13(21)4-6-18(16)27-10-12-3-5-14(22)8-17(12)23/h3-8,11H,2,9-10H2,1H3. The molecule has 0 unspecified atom stereocenters. The quantitative estimate of drug-likeness (QED) is 0.476. The molecule has 28 heavy (non-hydrogen) atoms. The Morgan fingerprint density at radius 3 is 2.79 bits per heavy atom. The Morgan fingerprint density at radius 1 is 1.21 bits per heavy atom. The highest BCUT2D eigenvalue weighted by atomic mass is 35.5. The van der Waals surface area contributed by atoms with Crippen LogP contribution in [0.25, 0.3) is 10.6 Å². The Hall–Kier alpha value is -2.51. The third-order valence-electron chi connectivity index (χ3n) is 3.75. The van der Waals surface area contributed by atoms with Crippen LogP contribution in [0.2, 0.25) is 5.02 Å². The molecule has 0 radical (unpaired) electrons. The van der Waals surface area contributed by atoms with E-state index in [9.17, 15) is 13.6 Å². The minimum Gasteiger partial charge on any atom is -0.488 e. The van der Waals surface area contributed by atoms with Gasteiger partial charge in [-0.25, -0.2) is 13.8 Å². The van der Waals surface area contributed by atoms with Gasteiger partial charge in [0.15, 0.2) is 0 Å². The van der Waals surface area contributed by atoms with Crippen LogP contribution in [0.3, 0.4) is 0 Å². The second-order valence-electron chi connectivity index (χ2n) is 5.79. The van der Waals surface area contributed by atoms with Gasteiger partial charge < -0.3 is 9.47 Å². The lowest BCUT2D eigenvalue weighted by Gasteiger charge is -2.11. The number of nitrogens with zero attached hydrogens (tertiary/aromatic N) is 1. The smallest absolute Gasteiger partial charge is 0.311 e. The Kier molecular flexibility index (Phi) is 6.59. The van der Waals surface area contributed by atoms with Crippen molar-refractivity contribution >= 4 is 28.9 Å². The number of halogens is 3. The van der Waals surface area contributed by atoms with Crippen LogP contribution in [0.5, 0.6) is 5.75 Å². The number of aromatic nitrogens is 1. The van der Waals surface area contributed by atoms with Crippen LogP contribution >= 0.6 is 22.9 Å². The Labute approximate surface area is 169 Å². The third-order valence-corrected chi connectivity index (χ3v) is 4.91. The number of ether oxygens (including phenoxy) is 2.